The Morgan fingerprint density at radius 3 is 2.43 bits per heavy atom. The van der Waals surface area contributed by atoms with Gasteiger partial charge in [-0.25, -0.2) is 17.8 Å². The minimum atomic E-state index is -3.80. The lowest BCUT2D eigenvalue weighted by Gasteiger charge is -2.34. The number of hydrogen-bond acceptors (Lipinski definition) is 6. The number of nitrogens with zero attached hydrogens (tertiary/aromatic N) is 3. The molecule has 1 fully saturated rings. The van der Waals surface area contributed by atoms with Gasteiger partial charge in [0.15, 0.2) is 15.0 Å². The molecule has 6 nitrogen and oxygen atoms in total. The minimum Gasteiger partial charge on any atom is -0.345 e. The van der Waals surface area contributed by atoms with Crippen LogP contribution in [0.2, 0.25) is 0 Å². The molecule has 0 radical (unpaired) electrons. The Kier molecular flexibility index (Phi) is 5.50. The Balaban J connectivity index is 1.41. The van der Waals surface area contributed by atoms with Gasteiger partial charge in [0.2, 0.25) is 5.91 Å². The molecule has 0 unspecified atom stereocenters. The molecule has 0 saturated carbocycles. The molecule has 0 N–H and O–H groups in total. The van der Waals surface area contributed by atoms with Gasteiger partial charge < -0.3 is 9.80 Å². The number of anilines is 1. The van der Waals surface area contributed by atoms with E-state index in [-0.39, 0.29) is 4.90 Å². The number of hydrogen-bond donors (Lipinski definition) is 0. The van der Waals surface area contributed by atoms with E-state index in [0.717, 1.165) is 22.8 Å². The summed E-state index contributed by atoms with van der Waals surface area (Å²) in [6.45, 7) is 6.20. The van der Waals surface area contributed by atoms with Gasteiger partial charge in [-0.3, -0.25) is 4.79 Å². The number of amides is 1. The van der Waals surface area contributed by atoms with Crippen molar-refractivity contribution < 1.29 is 17.6 Å². The maximum atomic E-state index is 13.0. The lowest BCUT2D eigenvalue weighted by molar-refractivity contribution is -0.128. The Morgan fingerprint density at radius 2 is 1.77 bits per heavy atom. The zero-order valence-electron chi connectivity index (χ0n) is 16.8. The van der Waals surface area contributed by atoms with Crippen LogP contribution in [0.4, 0.5) is 9.52 Å². The zero-order chi connectivity index (χ0) is 21.5. The maximum Gasteiger partial charge on any atom is 0.238 e. The van der Waals surface area contributed by atoms with E-state index in [2.05, 4.69) is 30.9 Å². The summed E-state index contributed by atoms with van der Waals surface area (Å²) in [5.74, 6) is -1.57. The molecule has 30 heavy (non-hydrogen) atoms. The number of fused-ring (bicyclic) bond motifs is 1. The standard InChI is InChI=1S/C21H22FN3O3S2/c1-14-11-15(2)20-18(12-14)23-21(29-20)25-9-7-24(8-10-25)19(26)13-30(27,28)17-5-3-16(22)4-6-17/h3-6,11-12H,7-10,13H2,1-2H3. The predicted octanol–water partition coefficient (Wildman–Crippen LogP) is 3.17. The van der Waals surface area contributed by atoms with Crippen LogP contribution in [0.3, 0.4) is 0 Å². The summed E-state index contributed by atoms with van der Waals surface area (Å²) in [6, 6.07) is 8.75. The fraction of sp³-hybridized carbons (Fsp3) is 0.333. The lowest BCUT2D eigenvalue weighted by atomic mass is 10.1. The third kappa shape index (κ3) is 4.17. The summed E-state index contributed by atoms with van der Waals surface area (Å²) >= 11 is 1.64. The number of carbonyl (C=O) groups excluding carboxylic acids is 1. The van der Waals surface area contributed by atoms with Crippen molar-refractivity contribution in [3.8, 4) is 0 Å². The summed E-state index contributed by atoms with van der Waals surface area (Å²) < 4.78 is 39.1. The molecule has 0 bridgehead atoms. The molecule has 1 aliphatic heterocycles. The molecule has 4 rings (SSSR count). The van der Waals surface area contributed by atoms with Crippen molar-refractivity contribution in [2.45, 2.75) is 18.7 Å². The van der Waals surface area contributed by atoms with Crippen LogP contribution in [0.1, 0.15) is 11.1 Å². The number of thiazole rings is 1. The number of halogens is 1. The number of carbonyl (C=O) groups is 1. The molecule has 0 spiro atoms. The van der Waals surface area contributed by atoms with E-state index >= 15 is 0 Å². The first-order valence-corrected chi connectivity index (χ1v) is 12.1. The maximum absolute atomic E-state index is 13.0. The van der Waals surface area contributed by atoms with Crippen molar-refractivity contribution in [2.75, 3.05) is 36.8 Å². The van der Waals surface area contributed by atoms with E-state index < -0.39 is 27.3 Å². The van der Waals surface area contributed by atoms with E-state index in [0.29, 0.717) is 26.2 Å². The molecule has 9 heteroatoms. The first-order valence-electron chi connectivity index (χ1n) is 9.62. The molecule has 2 aromatic carbocycles. The Morgan fingerprint density at radius 1 is 1.10 bits per heavy atom. The molecule has 2 heterocycles. The van der Waals surface area contributed by atoms with E-state index in [1.165, 1.54) is 28.0 Å². The van der Waals surface area contributed by atoms with E-state index in [1.54, 1.807) is 16.2 Å². The van der Waals surface area contributed by atoms with E-state index in [9.17, 15) is 17.6 Å². The highest BCUT2D eigenvalue weighted by molar-refractivity contribution is 7.92. The highest BCUT2D eigenvalue weighted by atomic mass is 32.2. The summed E-state index contributed by atoms with van der Waals surface area (Å²) in [5.41, 5.74) is 3.36. The summed E-state index contributed by atoms with van der Waals surface area (Å²) in [7, 11) is -3.80. The predicted molar refractivity (Wildman–Crippen MR) is 116 cm³/mol. The molecule has 1 saturated heterocycles. The van der Waals surface area contributed by atoms with Crippen LogP contribution in [0.5, 0.6) is 0 Å². The Hall–Kier alpha value is -2.52. The summed E-state index contributed by atoms with van der Waals surface area (Å²) in [5, 5.41) is 0.921. The highest BCUT2D eigenvalue weighted by Crippen LogP contribution is 2.32. The third-order valence-electron chi connectivity index (χ3n) is 5.20. The summed E-state index contributed by atoms with van der Waals surface area (Å²) in [6.07, 6.45) is 0. The van der Waals surface area contributed by atoms with Crippen LogP contribution < -0.4 is 4.90 Å². The van der Waals surface area contributed by atoms with Gasteiger partial charge in [-0.05, 0) is 55.3 Å². The van der Waals surface area contributed by atoms with Gasteiger partial charge in [-0.2, -0.15) is 0 Å². The monoisotopic (exact) mass is 447 g/mol. The summed E-state index contributed by atoms with van der Waals surface area (Å²) in [4.78, 5) is 21.0. The molecule has 3 aromatic rings. The van der Waals surface area contributed by atoms with Crippen molar-refractivity contribution in [1.29, 1.82) is 0 Å². The third-order valence-corrected chi connectivity index (χ3v) is 8.08. The molecule has 0 atom stereocenters. The van der Waals surface area contributed by atoms with Gasteiger partial charge in [0.1, 0.15) is 11.6 Å². The second-order valence-electron chi connectivity index (χ2n) is 7.51. The highest BCUT2D eigenvalue weighted by Gasteiger charge is 2.27. The number of piperazine rings is 1. The number of rotatable bonds is 4. The molecular formula is C21H22FN3O3S2. The smallest absolute Gasteiger partial charge is 0.238 e. The molecule has 1 aliphatic rings. The number of aromatic nitrogens is 1. The fourth-order valence-electron chi connectivity index (χ4n) is 3.63. The zero-order valence-corrected chi connectivity index (χ0v) is 18.4. The van der Waals surface area contributed by atoms with Gasteiger partial charge in [-0.1, -0.05) is 17.4 Å². The van der Waals surface area contributed by atoms with Gasteiger partial charge in [0.25, 0.3) is 0 Å². The van der Waals surface area contributed by atoms with E-state index in [1.807, 2.05) is 0 Å². The molecule has 158 valence electrons. The van der Waals surface area contributed by atoms with Crippen molar-refractivity contribution >= 4 is 42.4 Å². The number of sulfone groups is 1. The van der Waals surface area contributed by atoms with Crippen molar-refractivity contribution in [3.05, 3.63) is 53.3 Å². The van der Waals surface area contributed by atoms with Crippen LogP contribution >= 0.6 is 11.3 Å². The quantitative estimate of drug-likeness (QED) is 0.575. The van der Waals surface area contributed by atoms with Crippen molar-refractivity contribution in [3.63, 3.8) is 0 Å². The van der Waals surface area contributed by atoms with Gasteiger partial charge in [0, 0.05) is 26.2 Å². The molecule has 0 aliphatic carbocycles. The molecular weight excluding hydrogens is 425 g/mol. The minimum absolute atomic E-state index is 0.0453. The van der Waals surface area contributed by atoms with Crippen LogP contribution in [0.25, 0.3) is 10.2 Å². The van der Waals surface area contributed by atoms with Crippen LogP contribution in [-0.2, 0) is 14.6 Å². The van der Waals surface area contributed by atoms with Crippen LogP contribution in [0.15, 0.2) is 41.3 Å². The van der Waals surface area contributed by atoms with Crippen LogP contribution in [0, 0.1) is 19.7 Å². The van der Waals surface area contributed by atoms with Gasteiger partial charge in [0.05, 0.1) is 15.1 Å². The average molecular weight is 448 g/mol. The van der Waals surface area contributed by atoms with Crippen molar-refractivity contribution in [1.82, 2.24) is 9.88 Å². The van der Waals surface area contributed by atoms with Crippen molar-refractivity contribution in [2.24, 2.45) is 0 Å². The Bertz CT molecular complexity index is 1200. The normalized spacial score (nSPS) is 15.0. The Labute approximate surface area is 178 Å². The van der Waals surface area contributed by atoms with Crippen LogP contribution in [-0.4, -0.2) is 56.1 Å². The second-order valence-corrected chi connectivity index (χ2v) is 10.5. The first kappa shape index (κ1) is 20.7. The average Bonchev–Trinajstić information content (AvgIpc) is 3.12. The van der Waals surface area contributed by atoms with Gasteiger partial charge in [-0.15, -0.1) is 0 Å². The van der Waals surface area contributed by atoms with E-state index in [4.69, 9.17) is 4.98 Å². The number of aryl methyl sites for hydroxylation is 2. The largest absolute Gasteiger partial charge is 0.345 e. The SMILES string of the molecule is Cc1cc(C)c2sc(N3CCN(C(=O)CS(=O)(=O)c4ccc(F)cc4)CC3)nc2c1. The lowest BCUT2D eigenvalue weighted by Crippen LogP contribution is -2.50. The molecule has 1 aromatic heterocycles. The topological polar surface area (TPSA) is 70.6 Å². The fourth-order valence-corrected chi connectivity index (χ4v) is 5.92. The second kappa shape index (κ2) is 7.96. The number of benzene rings is 2. The molecule has 1 amide bonds. The first-order chi connectivity index (χ1) is 14.2. The van der Waals surface area contributed by atoms with Gasteiger partial charge >= 0.3 is 0 Å².